The van der Waals surface area contributed by atoms with Crippen molar-refractivity contribution in [2.24, 2.45) is 0 Å². The summed E-state index contributed by atoms with van der Waals surface area (Å²) in [5.41, 5.74) is 0.830. The highest BCUT2D eigenvalue weighted by Crippen LogP contribution is 2.31. The molecule has 1 heterocycles. The number of amides is 2. The van der Waals surface area contributed by atoms with Gasteiger partial charge in [-0.15, -0.1) is 0 Å². The molecule has 0 saturated carbocycles. The first-order chi connectivity index (χ1) is 13.3. The number of nitrogens with one attached hydrogen (secondary N) is 2. The van der Waals surface area contributed by atoms with Gasteiger partial charge in [-0.1, -0.05) is 22.0 Å². The molecule has 10 heteroatoms. The topological polar surface area (TPSA) is 116 Å². The maximum atomic E-state index is 12.1. The Labute approximate surface area is 170 Å². The van der Waals surface area contributed by atoms with Crippen molar-refractivity contribution in [3.05, 3.63) is 52.5 Å². The molecular formula is C18H18BrN3O5S. The maximum absolute atomic E-state index is 12.1. The fraction of sp³-hybridized carbons (Fsp3) is 0.222. The third-order valence-corrected chi connectivity index (χ3v) is 6.50. The Hall–Kier alpha value is -2.59. The predicted octanol–water partition coefficient (Wildman–Crippen LogP) is 2.06. The van der Waals surface area contributed by atoms with Crippen LogP contribution >= 0.6 is 15.9 Å². The minimum Gasteiger partial charge on any atom is -0.506 e. The maximum Gasteiger partial charge on any atom is 0.251 e. The Morgan fingerprint density at radius 1 is 1.18 bits per heavy atom. The summed E-state index contributed by atoms with van der Waals surface area (Å²) >= 11 is 3.27. The zero-order valence-corrected chi connectivity index (χ0v) is 17.1. The number of halogens is 1. The van der Waals surface area contributed by atoms with Crippen molar-refractivity contribution >= 4 is 49.1 Å². The fourth-order valence-corrected chi connectivity index (χ4v) is 4.75. The first-order valence-electron chi connectivity index (χ1n) is 8.43. The van der Waals surface area contributed by atoms with Crippen LogP contribution < -0.4 is 14.9 Å². The summed E-state index contributed by atoms with van der Waals surface area (Å²) in [6.07, 6.45) is 0.520. The van der Waals surface area contributed by atoms with E-state index in [-0.39, 0.29) is 23.7 Å². The number of hydrogen-bond acceptors (Lipinski definition) is 5. The molecule has 2 aromatic carbocycles. The Kier molecular flexibility index (Phi) is 5.90. The molecule has 0 aromatic heterocycles. The van der Waals surface area contributed by atoms with Crippen molar-refractivity contribution in [2.75, 3.05) is 28.5 Å². The van der Waals surface area contributed by atoms with Gasteiger partial charge in [-0.25, -0.2) is 8.42 Å². The van der Waals surface area contributed by atoms with Gasteiger partial charge in [-0.3, -0.25) is 13.9 Å². The van der Waals surface area contributed by atoms with Crippen LogP contribution in [0.15, 0.2) is 46.9 Å². The SMILES string of the molecule is O=C(CNC(=O)c1cccc(Br)c1)Nc1cc(N2CCCS2(=O)=O)ccc1O. The minimum atomic E-state index is -3.38. The lowest BCUT2D eigenvalue weighted by Gasteiger charge is -2.18. The van der Waals surface area contributed by atoms with Crippen molar-refractivity contribution in [3.63, 3.8) is 0 Å². The van der Waals surface area contributed by atoms with Crippen LogP contribution in [0.1, 0.15) is 16.8 Å². The van der Waals surface area contributed by atoms with Gasteiger partial charge in [0.2, 0.25) is 15.9 Å². The van der Waals surface area contributed by atoms with Crippen molar-refractivity contribution in [3.8, 4) is 5.75 Å². The average Bonchev–Trinajstić information content (AvgIpc) is 3.00. The Balaban J connectivity index is 1.65. The number of aromatic hydroxyl groups is 1. The summed E-state index contributed by atoms with van der Waals surface area (Å²) in [4.78, 5) is 24.2. The molecule has 3 N–H and O–H groups in total. The van der Waals surface area contributed by atoms with Crippen molar-refractivity contribution < 1.29 is 23.1 Å². The molecule has 1 aliphatic heterocycles. The normalized spacial score (nSPS) is 15.2. The number of phenols is 1. The molecule has 0 radical (unpaired) electrons. The molecule has 28 heavy (non-hydrogen) atoms. The van der Waals surface area contributed by atoms with Crippen molar-refractivity contribution in [1.82, 2.24) is 5.32 Å². The molecule has 1 aliphatic rings. The number of carbonyl (C=O) groups excluding carboxylic acids is 2. The minimum absolute atomic E-state index is 0.0667. The number of nitrogens with zero attached hydrogens (tertiary/aromatic N) is 1. The van der Waals surface area contributed by atoms with Gasteiger partial charge in [0.15, 0.2) is 0 Å². The van der Waals surface area contributed by atoms with E-state index in [1.165, 1.54) is 22.5 Å². The fourth-order valence-electron chi connectivity index (χ4n) is 2.80. The van der Waals surface area contributed by atoms with Gasteiger partial charge < -0.3 is 15.7 Å². The van der Waals surface area contributed by atoms with Crippen LogP contribution in [0.25, 0.3) is 0 Å². The summed E-state index contributed by atoms with van der Waals surface area (Å²) in [6, 6.07) is 10.9. The Morgan fingerprint density at radius 3 is 2.64 bits per heavy atom. The number of sulfonamides is 1. The molecule has 148 valence electrons. The van der Waals surface area contributed by atoms with E-state index in [1.807, 2.05) is 0 Å². The largest absolute Gasteiger partial charge is 0.506 e. The third-order valence-electron chi connectivity index (χ3n) is 4.14. The number of benzene rings is 2. The van der Waals surface area contributed by atoms with E-state index in [9.17, 15) is 23.1 Å². The molecule has 1 saturated heterocycles. The molecule has 2 amide bonds. The molecule has 8 nitrogen and oxygen atoms in total. The van der Waals surface area contributed by atoms with Crippen LogP contribution in [0.5, 0.6) is 5.75 Å². The highest BCUT2D eigenvalue weighted by atomic mass is 79.9. The number of anilines is 2. The summed E-state index contributed by atoms with van der Waals surface area (Å²) in [5.74, 6) is -1.11. The predicted molar refractivity (Wildman–Crippen MR) is 109 cm³/mol. The van der Waals surface area contributed by atoms with Crippen LogP contribution in [0, 0.1) is 0 Å². The van der Waals surface area contributed by atoms with Crippen molar-refractivity contribution in [1.29, 1.82) is 0 Å². The van der Waals surface area contributed by atoms with Crippen LogP contribution in [0.3, 0.4) is 0 Å². The summed E-state index contributed by atoms with van der Waals surface area (Å²) in [7, 11) is -3.38. The van der Waals surface area contributed by atoms with Gasteiger partial charge in [-0.2, -0.15) is 0 Å². The van der Waals surface area contributed by atoms with E-state index in [4.69, 9.17) is 0 Å². The molecule has 1 fully saturated rings. The van der Waals surface area contributed by atoms with Gasteiger partial charge >= 0.3 is 0 Å². The van der Waals surface area contributed by atoms with E-state index in [0.717, 1.165) is 4.47 Å². The Morgan fingerprint density at radius 2 is 1.96 bits per heavy atom. The lowest BCUT2D eigenvalue weighted by Crippen LogP contribution is -2.33. The van der Waals surface area contributed by atoms with E-state index in [0.29, 0.717) is 24.2 Å². The quantitative estimate of drug-likeness (QED) is 0.582. The average molecular weight is 468 g/mol. The number of hydrogen-bond donors (Lipinski definition) is 3. The summed E-state index contributed by atoms with van der Waals surface area (Å²) < 4.78 is 26.1. The number of phenolic OH excluding ortho intramolecular Hbond substituents is 1. The third kappa shape index (κ3) is 4.63. The first kappa shape index (κ1) is 20.2. The molecule has 3 rings (SSSR count). The monoisotopic (exact) mass is 467 g/mol. The smallest absolute Gasteiger partial charge is 0.251 e. The molecule has 0 atom stereocenters. The molecule has 0 bridgehead atoms. The second kappa shape index (κ2) is 8.19. The van der Waals surface area contributed by atoms with Gasteiger partial charge in [0.25, 0.3) is 5.91 Å². The first-order valence-corrected chi connectivity index (χ1v) is 10.8. The van der Waals surface area contributed by atoms with Crippen LogP contribution in [-0.2, 0) is 14.8 Å². The van der Waals surface area contributed by atoms with Crippen LogP contribution in [-0.4, -0.2) is 44.2 Å². The Bertz CT molecular complexity index is 1030. The number of carbonyl (C=O) groups is 2. The van der Waals surface area contributed by atoms with E-state index >= 15 is 0 Å². The van der Waals surface area contributed by atoms with E-state index < -0.39 is 21.8 Å². The van der Waals surface area contributed by atoms with Crippen LogP contribution in [0.4, 0.5) is 11.4 Å². The highest BCUT2D eigenvalue weighted by molar-refractivity contribution is 9.10. The summed E-state index contributed by atoms with van der Waals surface area (Å²) in [6.45, 7) is 0.0419. The van der Waals surface area contributed by atoms with Crippen LogP contribution in [0.2, 0.25) is 0 Å². The zero-order chi connectivity index (χ0) is 20.3. The zero-order valence-electron chi connectivity index (χ0n) is 14.7. The molecule has 2 aromatic rings. The van der Waals surface area contributed by atoms with E-state index in [2.05, 4.69) is 26.6 Å². The standard InChI is InChI=1S/C18H18BrN3O5S/c19-13-4-1-3-12(9-13)18(25)20-11-17(24)21-15-10-14(5-6-16(15)23)22-7-2-8-28(22,26)27/h1,3-6,9-10,23H,2,7-8,11H2,(H,20,25)(H,21,24). The summed E-state index contributed by atoms with van der Waals surface area (Å²) in [5, 5.41) is 14.9. The van der Waals surface area contributed by atoms with Crippen molar-refractivity contribution in [2.45, 2.75) is 6.42 Å². The van der Waals surface area contributed by atoms with Gasteiger partial charge in [0.05, 0.1) is 23.7 Å². The van der Waals surface area contributed by atoms with Gasteiger partial charge in [-0.05, 0) is 42.8 Å². The second-order valence-electron chi connectivity index (χ2n) is 6.18. The second-order valence-corrected chi connectivity index (χ2v) is 9.11. The number of rotatable bonds is 5. The van der Waals surface area contributed by atoms with E-state index in [1.54, 1.807) is 24.3 Å². The molecule has 0 unspecified atom stereocenters. The van der Waals surface area contributed by atoms with Gasteiger partial charge in [0.1, 0.15) is 5.75 Å². The highest BCUT2D eigenvalue weighted by Gasteiger charge is 2.28. The molecule has 0 spiro atoms. The molecular weight excluding hydrogens is 450 g/mol. The lowest BCUT2D eigenvalue weighted by molar-refractivity contribution is -0.115. The molecule has 0 aliphatic carbocycles. The lowest BCUT2D eigenvalue weighted by atomic mass is 10.2. The van der Waals surface area contributed by atoms with Gasteiger partial charge in [0, 0.05) is 16.6 Å².